The van der Waals surface area contributed by atoms with Crippen LogP contribution in [0.15, 0.2) is 34.4 Å². The van der Waals surface area contributed by atoms with Crippen molar-refractivity contribution < 1.29 is 38.5 Å². The predicted molar refractivity (Wildman–Crippen MR) is 104 cm³/mol. The Balaban J connectivity index is 2.16. The van der Waals surface area contributed by atoms with Crippen LogP contribution in [0, 0.1) is 11.8 Å². The molecule has 1 heterocycles. The van der Waals surface area contributed by atoms with Gasteiger partial charge < -0.3 is 19.3 Å². The van der Waals surface area contributed by atoms with Gasteiger partial charge in [0.05, 0.1) is 12.5 Å². The van der Waals surface area contributed by atoms with Gasteiger partial charge in [-0.25, -0.2) is 9.59 Å². The van der Waals surface area contributed by atoms with Crippen LogP contribution in [0.5, 0.6) is 0 Å². The smallest absolute Gasteiger partial charge is 0.351 e. The first-order chi connectivity index (χ1) is 14.0. The molecule has 0 aromatic rings. The van der Waals surface area contributed by atoms with Crippen molar-refractivity contribution >= 4 is 23.7 Å². The number of rotatable bonds is 4. The van der Waals surface area contributed by atoms with Crippen molar-refractivity contribution in [3.05, 3.63) is 34.4 Å². The number of hydrogen-bond acceptors (Lipinski definition) is 8. The molecule has 8 nitrogen and oxygen atoms in total. The van der Waals surface area contributed by atoms with Crippen molar-refractivity contribution in [1.29, 1.82) is 0 Å². The molecule has 162 valence electrons. The summed E-state index contributed by atoms with van der Waals surface area (Å²) in [5.74, 6) is -3.76. The van der Waals surface area contributed by atoms with E-state index in [-0.39, 0.29) is 12.2 Å². The Kier molecular flexibility index (Phi) is 5.73. The second-order valence-electron chi connectivity index (χ2n) is 8.12. The monoisotopic (exact) mass is 418 g/mol. The van der Waals surface area contributed by atoms with E-state index in [0.717, 1.165) is 0 Å². The standard InChI is InChI=1S/C22H26O8/c1-6-10(2)20(26)28-15-8-13(9-23)17-14(25)7-11(3)16(17)19-18(15)22(5,21(27)29-19)30-12(4)24/h6-7,15-16,18-19,23H,8-9H2,1-5H3/b10-6-/t15-,16+,18+,19-,22-/m0/s1. The molecule has 1 saturated heterocycles. The predicted octanol–water partition coefficient (Wildman–Crippen LogP) is 1.57. The molecule has 0 bridgehead atoms. The van der Waals surface area contributed by atoms with Crippen LogP contribution >= 0.6 is 0 Å². The van der Waals surface area contributed by atoms with Gasteiger partial charge in [-0.1, -0.05) is 11.6 Å². The average molecular weight is 418 g/mol. The summed E-state index contributed by atoms with van der Waals surface area (Å²) in [5.41, 5.74) is 0.108. The quantitative estimate of drug-likeness (QED) is 0.415. The summed E-state index contributed by atoms with van der Waals surface area (Å²) in [7, 11) is 0. The number of aliphatic hydroxyl groups is 1. The normalized spacial score (nSPS) is 33.4. The number of fused-ring (bicyclic) bond motifs is 3. The van der Waals surface area contributed by atoms with Crippen LogP contribution < -0.4 is 0 Å². The molecule has 8 heteroatoms. The third kappa shape index (κ3) is 3.39. The average Bonchev–Trinajstić information content (AvgIpc) is 3.03. The summed E-state index contributed by atoms with van der Waals surface area (Å²) in [6.45, 7) is 7.23. The zero-order chi connectivity index (χ0) is 22.4. The number of aliphatic hydroxyl groups excluding tert-OH is 1. The maximum Gasteiger partial charge on any atom is 0.351 e. The summed E-state index contributed by atoms with van der Waals surface area (Å²) >= 11 is 0. The van der Waals surface area contributed by atoms with Crippen LogP contribution in [0.2, 0.25) is 0 Å². The van der Waals surface area contributed by atoms with Crippen LogP contribution in [0.4, 0.5) is 0 Å². The molecule has 5 atom stereocenters. The molecule has 2 aliphatic carbocycles. The van der Waals surface area contributed by atoms with Crippen molar-refractivity contribution in [1.82, 2.24) is 0 Å². The summed E-state index contributed by atoms with van der Waals surface area (Å²) in [5, 5.41) is 9.99. The lowest BCUT2D eigenvalue weighted by molar-refractivity contribution is -0.176. The Hall–Kier alpha value is -2.74. The van der Waals surface area contributed by atoms with E-state index >= 15 is 0 Å². The van der Waals surface area contributed by atoms with E-state index in [1.807, 2.05) is 0 Å². The number of carbonyl (C=O) groups excluding carboxylic acids is 4. The highest BCUT2D eigenvalue weighted by Gasteiger charge is 2.65. The highest BCUT2D eigenvalue weighted by molar-refractivity contribution is 6.09. The zero-order valence-electron chi connectivity index (χ0n) is 17.7. The van der Waals surface area contributed by atoms with Gasteiger partial charge in [0.15, 0.2) is 5.78 Å². The fourth-order valence-electron chi connectivity index (χ4n) is 4.68. The number of esters is 3. The fraction of sp³-hybridized carbons (Fsp3) is 0.545. The molecule has 0 radical (unpaired) electrons. The maximum atomic E-state index is 12.8. The molecule has 3 rings (SSSR count). The van der Waals surface area contributed by atoms with E-state index in [1.165, 1.54) is 19.9 Å². The highest BCUT2D eigenvalue weighted by Crippen LogP contribution is 2.51. The molecular weight excluding hydrogens is 392 g/mol. The molecule has 3 aliphatic rings. The molecule has 0 amide bonds. The molecule has 0 saturated carbocycles. The van der Waals surface area contributed by atoms with Gasteiger partial charge >= 0.3 is 17.9 Å². The lowest BCUT2D eigenvalue weighted by Gasteiger charge is -2.34. The number of hydrogen-bond donors (Lipinski definition) is 1. The molecule has 0 spiro atoms. The number of ketones is 1. The Morgan fingerprint density at radius 2 is 2.00 bits per heavy atom. The van der Waals surface area contributed by atoms with Crippen molar-refractivity contribution in [2.24, 2.45) is 11.8 Å². The van der Waals surface area contributed by atoms with Crippen LogP contribution in [-0.4, -0.2) is 53.2 Å². The third-order valence-electron chi connectivity index (χ3n) is 6.18. The summed E-state index contributed by atoms with van der Waals surface area (Å²) in [6.07, 6.45) is 1.24. The van der Waals surface area contributed by atoms with Gasteiger partial charge in [-0.05, 0) is 39.3 Å². The molecule has 0 aromatic heterocycles. The van der Waals surface area contributed by atoms with Crippen LogP contribution in [-0.2, 0) is 33.4 Å². The van der Waals surface area contributed by atoms with Crippen LogP contribution in [0.25, 0.3) is 0 Å². The van der Waals surface area contributed by atoms with Crippen LogP contribution in [0.3, 0.4) is 0 Å². The summed E-state index contributed by atoms with van der Waals surface area (Å²) in [6, 6.07) is 0. The van der Waals surface area contributed by atoms with Crippen molar-refractivity contribution in [2.45, 2.75) is 58.8 Å². The van der Waals surface area contributed by atoms with E-state index in [4.69, 9.17) is 14.2 Å². The molecule has 30 heavy (non-hydrogen) atoms. The van der Waals surface area contributed by atoms with E-state index < -0.39 is 54.2 Å². The van der Waals surface area contributed by atoms with Gasteiger partial charge in [0.25, 0.3) is 0 Å². The van der Waals surface area contributed by atoms with Crippen molar-refractivity contribution in [2.75, 3.05) is 6.61 Å². The van der Waals surface area contributed by atoms with E-state index in [1.54, 1.807) is 26.8 Å². The largest absolute Gasteiger partial charge is 0.458 e. The first-order valence-corrected chi connectivity index (χ1v) is 9.85. The van der Waals surface area contributed by atoms with E-state index in [9.17, 15) is 24.3 Å². The second-order valence-corrected chi connectivity index (χ2v) is 8.12. The van der Waals surface area contributed by atoms with Gasteiger partial charge in [-0.3, -0.25) is 9.59 Å². The van der Waals surface area contributed by atoms with Gasteiger partial charge in [0.1, 0.15) is 12.2 Å². The van der Waals surface area contributed by atoms with E-state index in [2.05, 4.69) is 0 Å². The Morgan fingerprint density at radius 1 is 1.33 bits per heavy atom. The minimum absolute atomic E-state index is 0.0204. The summed E-state index contributed by atoms with van der Waals surface area (Å²) in [4.78, 5) is 49.8. The number of ether oxygens (including phenoxy) is 3. The van der Waals surface area contributed by atoms with Gasteiger partial charge in [0, 0.05) is 30.4 Å². The molecule has 1 aliphatic heterocycles. The van der Waals surface area contributed by atoms with Crippen LogP contribution in [0.1, 0.15) is 41.0 Å². The lowest BCUT2D eigenvalue weighted by atomic mass is 9.77. The zero-order valence-corrected chi connectivity index (χ0v) is 17.7. The van der Waals surface area contributed by atoms with Gasteiger partial charge in [-0.2, -0.15) is 0 Å². The number of allylic oxidation sites excluding steroid dienone is 2. The SMILES string of the molecule is C/C=C(/C)C(=O)O[C@H]1CC(CO)=C2C(=O)C=C(C)[C@H]2[C@@H]2OC(=O)[C@@](C)(OC(C)=O)[C@@H]21. The molecular formula is C22H26O8. The Labute approximate surface area is 174 Å². The molecule has 1 N–H and O–H groups in total. The first kappa shape index (κ1) is 22.0. The first-order valence-electron chi connectivity index (χ1n) is 9.85. The molecule has 0 aromatic carbocycles. The topological polar surface area (TPSA) is 116 Å². The minimum Gasteiger partial charge on any atom is -0.458 e. The van der Waals surface area contributed by atoms with Crippen molar-refractivity contribution in [3.63, 3.8) is 0 Å². The fourth-order valence-corrected chi connectivity index (χ4v) is 4.68. The minimum atomic E-state index is -1.70. The van der Waals surface area contributed by atoms with Gasteiger partial charge in [-0.15, -0.1) is 0 Å². The molecule has 1 fully saturated rings. The lowest BCUT2D eigenvalue weighted by Crippen LogP contribution is -2.50. The summed E-state index contributed by atoms with van der Waals surface area (Å²) < 4.78 is 16.8. The molecule has 0 unspecified atom stereocenters. The number of carbonyl (C=O) groups is 4. The maximum absolute atomic E-state index is 12.8. The Morgan fingerprint density at radius 3 is 2.57 bits per heavy atom. The third-order valence-corrected chi connectivity index (χ3v) is 6.18. The second kappa shape index (κ2) is 7.83. The highest BCUT2D eigenvalue weighted by atomic mass is 16.6. The van der Waals surface area contributed by atoms with E-state index in [0.29, 0.717) is 22.3 Å². The Bertz CT molecular complexity index is 908. The van der Waals surface area contributed by atoms with Gasteiger partial charge in [0.2, 0.25) is 5.60 Å². The van der Waals surface area contributed by atoms with Crippen molar-refractivity contribution in [3.8, 4) is 0 Å².